The van der Waals surface area contributed by atoms with E-state index in [2.05, 4.69) is 31.1 Å². The van der Waals surface area contributed by atoms with E-state index < -0.39 is 0 Å². The molecule has 0 aliphatic rings. The summed E-state index contributed by atoms with van der Waals surface area (Å²) in [4.78, 5) is 4.34. The average Bonchev–Trinajstić information content (AvgIpc) is 2.77. The molecule has 96 valence electrons. The molecule has 0 fully saturated rings. The van der Waals surface area contributed by atoms with Crippen LogP contribution in [0.3, 0.4) is 0 Å². The Bertz CT molecular complexity index is 532. The van der Waals surface area contributed by atoms with Crippen LogP contribution in [0.2, 0.25) is 5.02 Å². The maximum Gasteiger partial charge on any atom is 0.207 e. The third kappa shape index (κ3) is 2.85. The zero-order valence-electron chi connectivity index (χ0n) is 10.9. The number of benzene rings is 1. The van der Waals surface area contributed by atoms with Gasteiger partial charge in [-0.1, -0.05) is 31.5 Å². The van der Waals surface area contributed by atoms with E-state index >= 15 is 0 Å². The number of halogens is 1. The van der Waals surface area contributed by atoms with E-state index in [1.807, 2.05) is 29.0 Å². The molecule has 4 heteroatoms. The molecule has 1 heterocycles. The van der Waals surface area contributed by atoms with Crippen molar-refractivity contribution in [3.8, 4) is 5.69 Å². The van der Waals surface area contributed by atoms with Crippen molar-refractivity contribution in [1.29, 1.82) is 0 Å². The van der Waals surface area contributed by atoms with Gasteiger partial charge >= 0.3 is 0 Å². The van der Waals surface area contributed by atoms with Gasteiger partial charge in [-0.25, -0.2) is 4.98 Å². The highest BCUT2D eigenvalue weighted by Gasteiger charge is 2.08. The van der Waals surface area contributed by atoms with Crippen LogP contribution in [-0.2, 0) is 0 Å². The van der Waals surface area contributed by atoms with Gasteiger partial charge in [0, 0.05) is 24.0 Å². The zero-order valence-corrected chi connectivity index (χ0v) is 11.7. The summed E-state index contributed by atoms with van der Waals surface area (Å²) in [7, 11) is 0. The molecular formula is C14H18ClN3. The van der Waals surface area contributed by atoms with Crippen molar-refractivity contribution < 1.29 is 0 Å². The number of aryl methyl sites for hydroxylation is 1. The third-order valence-electron chi connectivity index (χ3n) is 2.74. The van der Waals surface area contributed by atoms with Gasteiger partial charge in [0.15, 0.2) is 0 Å². The molecule has 0 saturated heterocycles. The van der Waals surface area contributed by atoms with Crippen molar-refractivity contribution in [3.63, 3.8) is 0 Å². The first-order valence-corrected chi connectivity index (χ1v) is 6.49. The van der Waals surface area contributed by atoms with E-state index in [0.717, 1.165) is 23.2 Å². The standard InChI is InChI=1S/C14H18ClN3/c1-10(2)9-17-14-16-6-7-18(14)13-8-12(15)5-4-11(13)3/h4-8,10H,9H2,1-3H3,(H,16,17). The quantitative estimate of drug-likeness (QED) is 0.907. The highest BCUT2D eigenvalue weighted by molar-refractivity contribution is 6.30. The number of anilines is 1. The Morgan fingerprint density at radius 3 is 2.89 bits per heavy atom. The Hall–Kier alpha value is -1.48. The summed E-state index contributed by atoms with van der Waals surface area (Å²) in [5, 5.41) is 4.08. The van der Waals surface area contributed by atoms with Crippen molar-refractivity contribution in [1.82, 2.24) is 9.55 Å². The Kier molecular flexibility index (Phi) is 3.92. The predicted molar refractivity (Wildman–Crippen MR) is 76.6 cm³/mol. The molecule has 0 amide bonds. The van der Waals surface area contributed by atoms with Gasteiger partial charge in [-0.3, -0.25) is 4.57 Å². The van der Waals surface area contributed by atoms with Crippen LogP contribution in [0.1, 0.15) is 19.4 Å². The highest BCUT2D eigenvalue weighted by atomic mass is 35.5. The SMILES string of the molecule is Cc1ccc(Cl)cc1-n1ccnc1NCC(C)C. The summed E-state index contributed by atoms with van der Waals surface area (Å²) < 4.78 is 2.03. The van der Waals surface area contributed by atoms with Crippen LogP contribution in [0.5, 0.6) is 0 Å². The van der Waals surface area contributed by atoms with Crippen LogP contribution in [-0.4, -0.2) is 16.1 Å². The van der Waals surface area contributed by atoms with E-state index in [0.29, 0.717) is 5.92 Å². The number of hydrogen-bond donors (Lipinski definition) is 1. The average molecular weight is 264 g/mol. The van der Waals surface area contributed by atoms with Crippen LogP contribution >= 0.6 is 11.6 Å². The molecule has 0 aliphatic carbocycles. The lowest BCUT2D eigenvalue weighted by molar-refractivity contribution is 0.683. The minimum absolute atomic E-state index is 0.579. The lowest BCUT2D eigenvalue weighted by Gasteiger charge is -2.13. The van der Waals surface area contributed by atoms with Crippen LogP contribution < -0.4 is 5.32 Å². The number of hydrogen-bond acceptors (Lipinski definition) is 2. The van der Waals surface area contributed by atoms with Gasteiger partial charge in [-0.2, -0.15) is 0 Å². The first-order chi connectivity index (χ1) is 8.58. The fourth-order valence-electron chi connectivity index (χ4n) is 1.77. The zero-order chi connectivity index (χ0) is 13.1. The van der Waals surface area contributed by atoms with Gasteiger partial charge < -0.3 is 5.32 Å². The molecule has 2 rings (SSSR count). The summed E-state index contributed by atoms with van der Waals surface area (Å²) in [5.41, 5.74) is 2.23. The summed E-state index contributed by atoms with van der Waals surface area (Å²) >= 11 is 6.06. The van der Waals surface area contributed by atoms with Crippen molar-refractivity contribution >= 4 is 17.5 Å². The maximum atomic E-state index is 6.06. The normalized spacial score (nSPS) is 10.9. The number of rotatable bonds is 4. The minimum Gasteiger partial charge on any atom is -0.355 e. The Labute approximate surface area is 113 Å². The Balaban J connectivity index is 2.33. The minimum atomic E-state index is 0.579. The lowest BCUT2D eigenvalue weighted by atomic mass is 10.2. The summed E-state index contributed by atoms with van der Waals surface area (Å²) in [6.07, 6.45) is 3.74. The third-order valence-corrected chi connectivity index (χ3v) is 2.97. The largest absolute Gasteiger partial charge is 0.355 e. The first kappa shape index (κ1) is 13.0. The molecule has 0 spiro atoms. The molecule has 0 saturated carbocycles. The molecule has 3 nitrogen and oxygen atoms in total. The molecular weight excluding hydrogens is 246 g/mol. The molecule has 1 N–H and O–H groups in total. The summed E-state index contributed by atoms with van der Waals surface area (Å²) in [6.45, 7) is 7.31. The second kappa shape index (κ2) is 5.44. The molecule has 0 unspecified atom stereocenters. The fourth-order valence-corrected chi connectivity index (χ4v) is 1.93. The molecule has 0 atom stereocenters. The predicted octanol–water partition coefficient (Wildman–Crippen LogP) is 3.90. The molecule has 18 heavy (non-hydrogen) atoms. The Morgan fingerprint density at radius 2 is 2.17 bits per heavy atom. The van der Waals surface area contributed by atoms with Crippen molar-refractivity contribution in [2.75, 3.05) is 11.9 Å². The van der Waals surface area contributed by atoms with Crippen LogP contribution in [0.25, 0.3) is 5.69 Å². The smallest absolute Gasteiger partial charge is 0.207 e. The summed E-state index contributed by atoms with van der Waals surface area (Å²) in [6, 6.07) is 5.88. The number of aromatic nitrogens is 2. The maximum absolute atomic E-state index is 6.06. The summed E-state index contributed by atoms with van der Waals surface area (Å²) in [5.74, 6) is 1.43. The van der Waals surface area contributed by atoms with Gasteiger partial charge in [-0.05, 0) is 30.5 Å². The fraction of sp³-hybridized carbons (Fsp3) is 0.357. The van der Waals surface area contributed by atoms with E-state index in [1.54, 1.807) is 6.20 Å². The molecule has 0 bridgehead atoms. The van der Waals surface area contributed by atoms with E-state index in [-0.39, 0.29) is 0 Å². The molecule has 1 aromatic carbocycles. The molecule has 0 radical (unpaired) electrons. The van der Waals surface area contributed by atoms with Crippen molar-refractivity contribution in [2.24, 2.45) is 5.92 Å². The van der Waals surface area contributed by atoms with Gasteiger partial charge in [0.1, 0.15) is 0 Å². The van der Waals surface area contributed by atoms with Crippen LogP contribution in [0, 0.1) is 12.8 Å². The monoisotopic (exact) mass is 263 g/mol. The van der Waals surface area contributed by atoms with E-state index in [4.69, 9.17) is 11.6 Å². The topological polar surface area (TPSA) is 29.9 Å². The van der Waals surface area contributed by atoms with Gasteiger partial charge in [0.05, 0.1) is 5.69 Å². The van der Waals surface area contributed by atoms with E-state index in [9.17, 15) is 0 Å². The molecule has 2 aromatic rings. The Morgan fingerprint density at radius 1 is 1.39 bits per heavy atom. The number of nitrogens with one attached hydrogen (secondary N) is 1. The molecule has 0 aliphatic heterocycles. The highest BCUT2D eigenvalue weighted by Crippen LogP contribution is 2.22. The molecule has 1 aromatic heterocycles. The second-order valence-electron chi connectivity index (χ2n) is 4.83. The van der Waals surface area contributed by atoms with E-state index in [1.165, 1.54) is 5.56 Å². The van der Waals surface area contributed by atoms with Gasteiger partial charge in [0.2, 0.25) is 5.95 Å². The van der Waals surface area contributed by atoms with Crippen molar-refractivity contribution in [3.05, 3.63) is 41.2 Å². The second-order valence-corrected chi connectivity index (χ2v) is 5.26. The van der Waals surface area contributed by atoms with Gasteiger partial charge in [-0.15, -0.1) is 0 Å². The number of imidazole rings is 1. The number of nitrogens with zero attached hydrogens (tertiary/aromatic N) is 2. The first-order valence-electron chi connectivity index (χ1n) is 6.11. The van der Waals surface area contributed by atoms with Crippen molar-refractivity contribution in [2.45, 2.75) is 20.8 Å². The van der Waals surface area contributed by atoms with Gasteiger partial charge in [0.25, 0.3) is 0 Å². The lowest BCUT2D eigenvalue weighted by Crippen LogP contribution is -2.12. The van der Waals surface area contributed by atoms with Crippen LogP contribution in [0.4, 0.5) is 5.95 Å². The van der Waals surface area contributed by atoms with Crippen LogP contribution in [0.15, 0.2) is 30.6 Å².